The van der Waals surface area contributed by atoms with Crippen molar-refractivity contribution < 1.29 is 0 Å². The third kappa shape index (κ3) is 3.38. The molecule has 48 heavy (non-hydrogen) atoms. The summed E-state index contributed by atoms with van der Waals surface area (Å²) in [5.74, 6) is 0.942. The second-order valence-corrected chi connectivity index (χ2v) is 12.6. The van der Waals surface area contributed by atoms with Crippen molar-refractivity contribution in [3.8, 4) is 45.0 Å². The molecule has 4 heteroatoms. The highest BCUT2D eigenvalue weighted by molar-refractivity contribution is 6.18. The molecule has 0 saturated heterocycles. The van der Waals surface area contributed by atoms with Crippen LogP contribution in [0.1, 0.15) is 0 Å². The fourth-order valence-electron chi connectivity index (χ4n) is 8.10. The van der Waals surface area contributed by atoms with Gasteiger partial charge in [0.2, 0.25) is 0 Å². The van der Waals surface area contributed by atoms with Crippen LogP contribution < -0.4 is 0 Å². The minimum absolute atomic E-state index is 0.942. The minimum Gasteiger partial charge on any atom is -0.309 e. The molecule has 0 bridgehead atoms. The van der Waals surface area contributed by atoms with Gasteiger partial charge in [-0.05, 0) is 71.3 Å². The van der Waals surface area contributed by atoms with Crippen LogP contribution in [0.25, 0.3) is 99.4 Å². The topological polar surface area (TPSA) is 35.6 Å². The Labute approximate surface area is 275 Å². The van der Waals surface area contributed by atoms with Gasteiger partial charge in [-0.1, -0.05) is 91.0 Å². The van der Waals surface area contributed by atoms with Crippen LogP contribution in [-0.4, -0.2) is 19.1 Å². The molecule has 11 rings (SSSR count). The smallest absolute Gasteiger partial charge is 0.145 e. The summed E-state index contributed by atoms with van der Waals surface area (Å²) in [6.45, 7) is 0. The number of aromatic nitrogens is 4. The number of hydrogen-bond acceptors (Lipinski definition) is 2. The maximum Gasteiger partial charge on any atom is 0.145 e. The first-order chi connectivity index (χ1) is 23.8. The van der Waals surface area contributed by atoms with Crippen LogP contribution in [0.4, 0.5) is 0 Å². The van der Waals surface area contributed by atoms with E-state index in [-0.39, 0.29) is 0 Å². The molecule has 4 heterocycles. The van der Waals surface area contributed by atoms with E-state index >= 15 is 0 Å². The van der Waals surface area contributed by atoms with Gasteiger partial charge >= 0.3 is 0 Å². The van der Waals surface area contributed by atoms with Gasteiger partial charge in [-0.15, -0.1) is 0 Å². The Kier molecular flexibility index (Phi) is 5.08. The number of nitrogens with zero attached hydrogens (tertiary/aromatic N) is 4. The molecular weight excluding hydrogens is 585 g/mol. The van der Waals surface area contributed by atoms with E-state index in [1.54, 1.807) is 0 Å². The number of hydrogen-bond donors (Lipinski definition) is 0. The van der Waals surface area contributed by atoms with E-state index in [1.807, 2.05) is 18.5 Å². The summed E-state index contributed by atoms with van der Waals surface area (Å²) in [6, 6.07) is 52.5. The first kappa shape index (κ1) is 25.6. The van der Waals surface area contributed by atoms with E-state index < -0.39 is 0 Å². The number of rotatable bonds is 3. The lowest BCUT2D eigenvalue weighted by Crippen LogP contribution is -1.99. The fourth-order valence-corrected chi connectivity index (χ4v) is 8.10. The Morgan fingerprint density at radius 2 is 1.00 bits per heavy atom. The Morgan fingerprint density at radius 1 is 0.396 bits per heavy atom. The molecule has 10 aromatic rings. The molecule has 0 spiro atoms. The maximum absolute atomic E-state index is 5.14. The van der Waals surface area contributed by atoms with Crippen molar-refractivity contribution in [3.05, 3.63) is 158 Å². The van der Waals surface area contributed by atoms with Crippen LogP contribution in [-0.2, 0) is 0 Å². The lowest BCUT2D eigenvalue weighted by Gasteiger charge is -2.12. The molecule has 1 aliphatic rings. The van der Waals surface area contributed by atoms with Gasteiger partial charge in [0, 0.05) is 61.5 Å². The monoisotopic (exact) mass is 610 g/mol. The summed E-state index contributed by atoms with van der Waals surface area (Å²) in [5, 5.41) is 7.29. The van der Waals surface area contributed by atoms with E-state index in [1.165, 1.54) is 65.9 Å². The molecule has 0 radical (unpaired) electrons. The molecule has 0 fully saturated rings. The highest BCUT2D eigenvalue weighted by Crippen LogP contribution is 2.47. The molecule has 0 amide bonds. The van der Waals surface area contributed by atoms with Crippen molar-refractivity contribution in [2.45, 2.75) is 0 Å². The van der Waals surface area contributed by atoms with Gasteiger partial charge in [0.1, 0.15) is 5.82 Å². The predicted octanol–water partition coefficient (Wildman–Crippen LogP) is 11.1. The first-order valence-corrected chi connectivity index (χ1v) is 16.3. The third-order valence-corrected chi connectivity index (χ3v) is 10.1. The number of fused-ring (bicyclic) bond motifs is 9. The lowest BCUT2D eigenvalue weighted by atomic mass is 10.0. The van der Waals surface area contributed by atoms with Crippen LogP contribution in [0.3, 0.4) is 0 Å². The van der Waals surface area contributed by atoms with Crippen molar-refractivity contribution in [1.82, 2.24) is 19.1 Å². The molecule has 6 aromatic carbocycles. The summed E-state index contributed by atoms with van der Waals surface area (Å²) < 4.78 is 4.70. The molecule has 4 aromatic heterocycles. The van der Waals surface area contributed by atoms with Gasteiger partial charge in [-0.25, -0.2) is 4.98 Å². The largest absolute Gasteiger partial charge is 0.309 e. The van der Waals surface area contributed by atoms with Crippen molar-refractivity contribution in [3.63, 3.8) is 0 Å². The van der Waals surface area contributed by atoms with Crippen molar-refractivity contribution in [2.75, 3.05) is 0 Å². The molecule has 222 valence electrons. The van der Waals surface area contributed by atoms with Crippen LogP contribution in [0, 0.1) is 0 Å². The average molecular weight is 611 g/mol. The summed E-state index contributed by atoms with van der Waals surface area (Å²) in [7, 11) is 0. The van der Waals surface area contributed by atoms with E-state index in [4.69, 9.17) is 9.97 Å². The van der Waals surface area contributed by atoms with E-state index in [0.29, 0.717) is 0 Å². The maximum atomic E-state index is 5.14. The van der Waals surface area contributed by atoms with Gasteiger partial charge in [0.05, 0.1) is 27.8 Å². The quantitative estimate of drug-likeness (QED) is 0.199. The Balaban J connectivity index is 1.13. The highest BCUT2D eigenvalue weighted by Gasteiger charge is 2.25. The summed E-state index contributed by atoms with van der Waals surface area (Å²) in [5.41, 5.74) is 12.8. The van der Waals surface area contributed by atoms with Crippen molar-refractivity contribution >= 4 is 54.4 Å². The highest BCUT2D eigenvalue weighted by atomic mass is 15.1. The van der Waals surface area contributed by atoms with E-state index in [2.05, 4.69) is 149 Å². The number of pyridine rings is 2. The van der Waals surface area contributed by atoms with Gasteiger partial charge in [0.25, 0.3) is 0 Å². The zero-order valence-electron chi connectivity index (χ0n) is 25.8. The number of para-hydroxylation sites is 3. The number of benzene rings is 6. The second kappa shape index (κ2) is 9.50. The van der Waals surface area contributed by atoms with Crippen LogP contribution >= 0.6 is 0 Å². The zero-order valence-corrected chi connectivity index (χ0v) is 25.8. The SMILES string of the molecule is c1ccc(-n2c3ccccc3c3cc(-c4ccc5c(c4)c4ccccc4n5-c4ncc5c6c(cccc46)-c4cccnc4-5)ccc32)cc1. The first-order valence-electron chi connectivity index (χ1n) is 16.3. The molecule has 0 unspecified atom stereocenters. The van der Waals surface area contributed by atoms with Gasteiger partial charge in [-0.2, -0.15) is 0 Å². The average Bonchev–Trinajstić information content (AvgIpc) is 3.78. The summed E-state index contributed by atoms with van der Waals surface area (Å²) in [6.07, 6.45) is 3.88. The summed E-state index contributed by atoms with van der Waals surface area (Å²) >= 11 is 0. The van der Waals surface area contributed by atoms with Crippen LogP contribution in [0.15, 0.2) is 158 Å². The molecule has 0 N–H and O–H groups in total. The molecule has 0 aliphatic heterocycles. The molecule has 1 aliphatic carbocycles. The fraction of sp³-hybridized carbons (Fsp3) is 0. The van der Waals surface area contributed by atoms with E-state index in [9.17, 15) is 0 Å². The van der Waals surface area contributed by atoms with Gasteiger partial charge < -0.3 is 4.57 Å². The second-order valence-electron chi connectivity index (χ2n) is 12.6. The third-order valence-electron chi connectivity index (χ3n) is 10.1. The normalized spacial score (nSPS) is 12.2. The summed E-state index contributed by atoms with van der Waals surface area (Å²) in [4.78, 5) is 9.88. The van der Waals surface area contributed by atoms with Crippen LogP contribution in [0.2, 0.25) is 0 Å². The predicted molar refractivity (Wildman–Crippen MR) is 198 cm³/mol. The molecule has 4 nitrogen and oxygen atoms in total. The Hall–Kier alpha value is -6.52. The van der Waals surface area contributed by atoms with Gasteiger partial charge in [0.15, 0.2) is 0 Å². The van der Waals surface area contributed by atoms with Gasteiger partial charge in [-0.3, -0.25) is 9.55 Å². The van der Waals surface area contributed by atoms with Crippen molar-refractivity contribution in [1.29, 1.82) is 0 Å². The lowest BCUT2D eigenvalue weighted by molar-refractivity contribution is 1.10. The Morgan fingerprint density at radius 3 is 1.75 bits per heavy atom. The van der Waals surface area contributed by atoms with Crippen LogP contribution in [0.5, 0.6) is 0 Å². The van der Waals surface area contributed by atoms with Crippen molar-refractivity contribution in [2.24, 2.45) is 0 Å². The molecule has 0 atom stereocenters. The van der Waals surface area contributed by atoms with E-state index in [0.717, 1.165) is 33.5 Å². The molecule has 0 saturated carbocycles. The molecular formula is C44H26N4. The zero-order chi connectivity index (χ0) is 31.3. The minimum atomic E-state index is 0.942. The standard InChI is InChI=1S/C44H26N4/c1-2-10-29(11-3-1)47-38-17-6-4-12-30(38)35-24-27(19-21-40(35)47)28-20-22-41-36(25-28)31-13-5-7-18-39(31)48(41)44-34-15-8-14-32-33-16-9-23-45-43(33)37(26-46-44)42(32)34/h1-26H. The Bertz CT molecular complexity index is 2920.